The highest BCUT2D eigenvalue weighted by Crippen LogP contribution is 2.23. The van der Waals surface area contributed by atoms with Crippen LogP contribution in [0.4, 0.5) is 4.39 Å². The molecule has 1 heterocycles. The van der Waals surface area contributed by atoms with Crippen LogP contribution in [-0.4, -0.2) is 16.1 Å². The Morgan fingerprint density at radius 3 is 2.80 bits per heavy atom. The molecule has 1 aromatic heterocycles. The first kappa shape index (κ1) is 14.3. The number of aromatic carboxylic acids is 1. The molecule has 0 radical (unpaired) electrons. The van der Waals surface area contributed by atoms with Gasteiger partial charge in [0.1, 0.15) is 12.4 Å². The number of carbonyl (C=O) groups is 1. The Balaban J connectivity index is 2.25. The molecular formula is C14H11ClFNO3. The van der Waals surface area contributed by atoms with Gasteiger partial charge in [0.2, 0.25) is 0 Å². The molecule has 104 valence electrons. The number of nitrogens with zero attached hydrogens (tertiary/aromatic N) is 1. The number of ether oxygens (including phenoxy) is 1. The zero-order valence-electron chi connectivity index (χ0n) is 10.6. The fourth-order valence-electron chi connectivity index (χ4n) is 1.63. The first-order valence-corrected chi connectivity index (χ1v) is 6.13. The molecule has 0 aliphatic heterocycles. The van der Waals surface area contributed by atoms with Crippen molar-refractivity contribution in [2.24, 2.45) is 0 Å². The Bertz CT molecular complexity index is 641. The predicted molar refractivity (Wildman–Crippen MR) is 71.7 cm³/mol. The van der Waals surface area contributed by atoms with E-state index in [0.717, 1.165) is 0 Å². The quantitative estimate of drug-likeness (QED) is 0.938. The lowest BCUT2D eigenvalue weighted by Crippen LogP contribution is -2.07. The molecule has 20 heavy (non-hydrogen) atoms. The summed E-state index contributed by atoms with van der Waals surface area (Å²) in [7, 11) is 0. The number of carboxylic acids is 1. The van der Waals surface area contributed by atoms with Gasteiger partial charge in [-0.25, -0.2) is 14.2 Å². The van der Waals surface area contributed by atoms with Crippen LogP contribution in [-0.2, 0) is 6.61 Å². The SMILES string of the molecule is Cc1ccc(OCc2c(F)cccc2Cl)c(C(=O)O)n1. The molecule has 1 aromatic carbocycles. The minimum Gasteiger partial charge on any atom is -0.486 e. The van der Waals surface area contributed by atoms with Crippen LogP contribution in [0.15, 0.2) is 30.3 Å². The molecule has 0 unspecified atom stereocenters. The second-order valence-corrected chi connectivity index (χ2v) is 4.50. The maximum absolute atomic E-state index is 13.6. The predicted octanol–water partition coefficient (Wildman–Crippen LogP) is 3.46. The molecule has 0 amide bonds. The van der Waals surface area contributed by atoms with E-state index in [1.807, 2.05) is 0 Å². The number of hydrogen-bond acceptors (Lipinski definition) is 3. The zero-order chi connectivity index (χ0) is 14.7. The summed E-state index contributed by atoms with van der Waals surface area (Å²) in [6.45, 7) is 1.50. The van der Waals surface area contributed by atoms with Gasteiger partial charge < -0.3 is 9.84 Å². The molecular weight excluding hydrogens is 285 g/mol. The van der Waals surface area contributed by atoms with E-state index in [-0.39, 0.29) is 28.6 Å². The number of hydrogen-bond donors (Lipinski definition) is 1. The molecule has 0 aliphatic carbocycles. The number of pyridine rings is 1. The van der Waals surface area contributed by atoms with E-state index in [4.69, 9.17) is 21.4 Å². The van der Waals surface area contributed by atoms with Gasteiger partial charge in [-0.2, -0.15) is 0 Å². The number of benzene rings is 1. The van der Waals surface area contributed by atoms with Gasteiger partial charge in [0.15, 0.2) is 11.4 Å². The van der Waals surface area contributed by atoms with Crippen molar-refractivity contribution in [2.75, 3.05) is 0 Å². The standard InChI is InChI=1S/C14H11ClFNO3/c1-8-5-6-12(13(17-8)14(18)19)20-7-9-10(15)3-2-4-11(9)16/h2-6H,7H2,1H3,(H,18,19). The number of halogens is 2. The first-order valence-electron chi connectivity index (χ1n) is 5.75. The topological polar surface area (TPSA) is 59.4 Å². The normalized spacial score (nSPS) is 10.3. The highest BCUT2D eigenvalue weighted by Gasteiger charge is 2.15. The van der Waals surface area contributed by atoms with E-state index in [1.165, 1.54) is 24.3 Å². The number of rotatable bonds is 4. The van der Waals surface area contributed by atoms with Crippen molar-refractivity contribution < 1.29 is 19.0 Å². The lowest BCUT2D eigenvalue weighted by atomic mass is 10.2. The van der Waals surface area contributed by atoms with Crippen molar-refractivity contribution in [3.05, 3.63) is 58.1 Å². The van der Waals surface area contributed by atoms with Crippen LogP contribution in [0, 0.1) is 12.7 Å². The van der Waals surface area contributed by atoms with Gasteiger partial charge in [0, 0.05) is 11.3 Å². The van der Waals surface area contributed by atoms with Crippen LogP contribution in [0.1, 0.15) is 21.7 Å². The first-order chi connectivity index (χ1) is 9.49. The molecule has 0 aliphatic rings. The summed E-state index contributed by atoms with van der Waals surface area (Å²) in [6, 6.07) is 7.38. The van der Waals surface area contributed by atoms with Crippen LogP contribution in [0.5, 0.6) is 5.75 Å². The van der Waals surface area contributed by atoms with E-state index in [0.29, 0.717) is 5.69 Å². The highest BCUT2D eigenvalue weighted by molar-refractivity contribution is 6.31. The Morgan fingerprint density at radius 1 is 1.40 bits per heavy atom. The van der Waals surface area contributed by atoms with Crippen molar-refractivity contribution in [1.82, 2.24) is 4.98 Å². The van der Waals surface area contributed by atoms with Crippen LogP contribution in [0.25, 0.3) is 0 Å². The molecule has 2 rings (SSSR count). The summed E-state index contributed by atoms with van der Waals surface area (Å²) < 4.78 is 18.9. The third kappa shape index (κ3) is 3.05. The van der Waals surface area contributed by atoms with Gasteiger partial charge in [0.05, 0.1) is 5.02 Å². The Hall–Kier alpha value is -2.14. The van der Waals surface area contributed by atoms with Gasteiger partial charge in [-0.05, 0) is 31.2 Å². The van der Waals surface area contributed by atoms with Gasteiger partial charge in [-0.1, -0.05) is 17.7 Å². The maximum atomic E-state index is 13.6. The molecule has 6 heteroatoms. The summed E-state index contributed by atoms with van der Waals surface area (Å²) >= 11 is 5.87. The average molecular weight is 296 g/mol. The minimum absolute atomic E-state index is 0.0717. The molecule has 0 saturated carbocycles. The average Bonchev–Trinajstić information content (AvgIpc) is 2.39. The summed E-state index contributed by atoms with van der Waals surface area (Å²) in [5.41, 5.74) is 0.516. The van der Waals surface area contributed by atoms with Gasteiger partial charge in [0.25, 0.3) is 0 Å². The van der Waals surface area contributed by atoms with Crippen LogP contribution >= 0.6 is 11.6 Å². The van der Waals surface area contributed by atoms with Crippen LogP contribution in [0.2, 0.25) is 5.02 Å². The number of carboxylic acid groups (broad SMARTS) is 1. The van der Waals surface area contributed by atoms with Gasteiger partial charge in [-0.3, -0.25) is 0 Å². The molecule has 0 fully saturated rings. The molecule has 2 aromatic rings. The molecule has 4 nitrogen and oxygen atoms in total. The minimum atomic E-state index is -1.21. The summed E-state index contributed by atoms with van der Waals surface area (Å²) in [4.78, 5) is 15.0. The summed E-state index contributed by atoms with van der Waals surface area (Å²) in [6.07, 6.45) is 0. The Kier molecular flexibility index (Phi) is 4.20. The molecule has 1 N–H and O–H groups in total. The third-order valence-corrected chi connectivity index (χ3v) is 2.99. The smallest absolute Gasteiger partial charge is 0.358 e. The van der Waals surface area contributed by atoms with Crippen LogP contribution < -0.4 is 4.74 Å². The number of aromatic nitrogens is 1. The van der Waals surface area contributed by atoms with Crippen molar-refractivity contribution in [3.63, 3.8) is 0 Å². The molecule has 0 atom stereocenters. The lowest BCUT2D eigenvalue weighted by Gasteiger charge is -2.10. The van der Waals surface area contributed by atoms with E-state index in [2.05, 4.69) is 4.98 Å². The van der Waals surface area contributed by atoms with Crippen molar-refractivity contribution in [2.45, 2.75) is 13.5 Å². The number of aryl methyl sites for hydroxylation is 1. The van der Waals surface area contributed by atoms with Crippen molar-refractivity contribution in [3.8, 4) is 5.75 Å². The second-order valence-electron chi connectivity index (χ2n) is 4.09. The second kappa shape index (κ2) is 5.88. The highest BCUT2D eigenvalue weighted by atomic mass is 35.5. The Labute approximate surface area is 119 Å². The van der Waals surface area contributed by atoms with E-state index in [1.54, 1.807) is 13.0 Å². The maximum Gasteiger partial charge on any atom is 0.358 e. The van der Waals surface area contributed by atoms with Crippen molar-refractivity contribution >= 4 is 17.6 Å². The molecule has 0 saturated heterocycles. The van der Waals surface area contributed by atoms with E-state index in [9.17, 15) is 9.18 Å². The van der Waals surface area contributed by atoms with Gasteiger partial charge in [-0.15, -0.1) is 0 Å². The largest absolute Gasteiger partial charge is 0.486 e. The lowest BCUT2D eigenvalue weighted by molar-refractivity contribution is 0.0684. The Morgan fingerprint density at radius 2 is 2.15 bits per heavy atom. The fourth-order valence-corrected chi connectivity index (χ4v) is 1.85. The third-order valence-electron chi connectivity index (χ3n) is 2.63. The monoisotopic (exact) mass is 295 g/mol. The summed E-state index contributed by atoms with van der Waals surface area (Å²) in [5.74, 6) is -1.64. The van der Waals surface area contributed by atoms with E-state index < -0.39 is 11.8 Å². The van der Waals surface area contributed by atoms with Gasteiger partial charge >= 0.3 is 5.97 Å². The zero-order valence-corrected chi connectivity index (χ0v) is 11.3. The fraction of sp³-hybridized carbons (Fsp3) is 0.143. The molecule has 0 spiro atoms. The molecule has 0 bridgehead atoms. The van der Waals surface area contributed by atoms with Crippen LogP contribution in [0.3, 0.4) is 0 Å². The summed E-state index contributed by atoms with van der Waals surface area (Å²) in [5, 5.41) is 9.28. The van der Waals surface area contributed by atoms with Crippen molar-refractivity contribution in [1.29, 1.82) is 0 Å². The van der Waals surface area contributed by atoms with E-state index >= 15 is 0 Å².